The van der Waals surface area contributed by atoms with Gasteiger partial charge in [-0.25, -0.2) is 0 Å². The zero-order valence-electron chi connectivity index (χ0n) is 9.75. The van der Waals surface area contributed by atoms with E-state index >= 15 is 0 Å². The first-order chi connectivity index (χ1) is 8.69. The van der Waals surface area contributed by atoms with Gasteiger partial charge in [0.15, 0.2) is 0 Å². The molecule has 0 bridgehead atoms. The van der Waals surface area contributed by atoms with Crippen LogP contribution in [0.4, 0.5) is 5.69 Å². The molecule has 0 saturated heterocycles. The van der Waals surface area contributed by atoms with E-state index in [4.69, 9.17) is 0 Å². The van der Waals surface area contributed by atoms with E-state index in [9.17, 15) is 9.90 Å². The standard InChI is InChI=1S/C13H12N2O2S/c1-18-12-4-2-10(3-5-12)15-13(17)9-6-11(16)8-14-7-9/h2-8,16H,1H3,(H,15,17). The number of anilines is 1. The number of aromatic hydroxyl groups is 1. The number of benzene rings is 1. The smallest absolute Gasteiger partial charge is 0.257 e. The summed E-state index contributed by atoms with van der Waals surface area (Å²) >= 11 is 1.64. The second-order valence-electron chi connectivity index (χ2n) is 3.61. The van der Waals surface area contributed by atoms with Crippen molar-refractivity contribution in [3.05, 3.63) is 48.3 Å². The van der Waals surface area contributed by atoms with Crippen LogP contribution in [-0.2, 0) is 0 Å². The molecule has 0 fully saturated rings. The number of carbonyl (C=O) groups excluding carboxylic acids is 1. The predicted octanol–water partition coefficient (Wildman–Crippen LogP) is 2.76. The monoisotopic (exact) mass is 260 g/mol. The Bertz CT molecular complexity index is 555. The van der Waals surface area contributed by atoms with Crippen LogP contribution in [0.2, 0.25) is 0 Å². The van der Waals surface area contributed by atoms with Gasteiger partial charge in [0.05, 0.1) is 11.8 Å². The van der Waals surface area contributed by atoms with Crippen LogP contribution in [0.3, 0.4) is 0 Å². The van der Waals surface area contributed by atoms with Crippen molar-refractivity contribution in [2.75, 3.05) is 11.6 Å². The Hall–Kier alpha value is -2.01. The number of aromatic nitrogens is 1. The van der Waals surface area contributed by atoms with E-state index in [2.05, 4.69) is 10.3 Å². The predicted molar refractivity (Wildman–Crippen MR) is 72.1 cm³/mol. The molecule has 0 atom stereocenters. The average molecular weight is 260 g/mol. The highest BCUT2D eigenvalue weighted by atomic mass is 32.2. The fraction of sp³-hybridized carbons (Fsp3) is 0.0769. The first kappa shape index (κ1) is 12.4. The summed E-state index contributed by atoms with van der Waals surface area (Å²) in [7, 11) is 0. The lowest BCUT2D eigenvalue weighted by Gasteiger charge is -2.05. The molecule has 0 aliphatic rings. The molecule has 2 rings (SSSR count). The van der Waals surface area contributed by atoms with Crippen LogP contribution >= 0.6 is 11.8 Å². The van der Waals surface area contributed by atoms with Gasteiger partial charge in [0, 0.05) is 16.8 Å². The van der Waals surface area contributed by atoms with Crippen LogP contribution in [0.25, 0.3) is 0 Å². The number of amides is 1. The Morgan fingerprint density at radius 1 is 1.28 bits per heavy atom. The van der Waals surface area contributed by atoms with Gasteiger partial charge in [-0.05, 0) is 36.6 Å². The molecule has 1 amide bonds. The minimum atomic E-state index is -0.296. The third kappa shape index (κ3) is 3.01. The van der Waals surface area contributed by atoms with Gasteiger partial charge in [0.1, 0.15) is 5.75 Å². The maximum Gasteiger partial charge on any atom is 0.257 e. The summed E-state index contributed by atoms with van der Waals surface area (Å²) in [4.78, 5) is 16.7. The largest absolute Gasteiger partial charge is 0.506 e. The molecule has 0 radical (unpaired) electrons. The maximum absolute atomic E-state index is 11.9. The van der Waals surface area contributed by atoms with E-state index in [1.54, 1.807) is 11.8 Å². The minimum absolute atomic E-state index is 0.0274. The average Bonchev–Trinajstić information content (AvgIpc) is 2.39. The molecule has 1 aromatic heterocycles. The molecule has 18 heavy (non-hydrogen) atoms. The van der Waals surface area contributed by atoms with Crippen molar-refractivity contribution in [1.29, 1.82) is 0 Å². The Kier molecular flexibility index (Phi) is 3.84. The van der Waals surface area contributed by atoms with Gasteiger partial charge in [0.25, 0.3) is 5.91 Å². The normalized spacial score (nSPS) is 10.1. The molecule has 5 heteroatoms. The number of nitrogens with one attached hydrogen (secondary N) is 1. The fourth-order valence-electron chi connectivity index (χ4n) is 1.43. The lowest BCUT2D eigenvalue weighted by Crippen LogP contribution is -2.11. The van der Waals surface area contributed by atoms with Gasteiger partial charge in [0.2, 0.25) is 0 Å². The van der Waals surface area contributed by atoms with Crippen LogP contribution in [0.5, 0.6) is 5.75 Å². The lowest BCUT2D eigenvalue weighted by molar-refractivity contribution is 0.102. The number of pyridine rings is 1. The number of rotatable bonds is 3. The highest BCUT2D eigenvalue weighted by molar-refractivity contribution is 7.98. The Morgan fingerprint density at radius 2 is 2.00 bits per heavy atom. The van der Waals surface area contributed by atoms with Crippen molar-refractivity contribution < 1.29 is 9.90 Å². The van der Waals surface area contributed by atoms with Crippen LogP contribution in [0, 0.1) is 0 Å². The zero-order valence-corrected chi connectivity index (χ0v) is 10.6. The summed E-state index contributed by atoms with van der Waals surface area (Å²) in [6.45, 7) is 0. The molecule has 0 spiro atoms. The van der Waals surface area contributed by atoms with Crippen molar-refractivity contribution in [3.63, 3.8) is 0 Å². The maximum atomic E-state index is 11.9. The van der Waals surface area contributed by atoms with E-state index in [0.717, 1.165) is 4.90 Å². The Labute approximate surface area is 109 Å². The Balaban J connectivity index is 2.11. The summed E-state index contributed by atoms with van der Waals surface area (Å²) in [6, 6.07) is 8.90. The third-order valence-corrected chi connectivity index (χ3v) is 3.08. The van der Waals surface area contributed by atoms with Crippen molar-refractivity contribution in [1.82, 2.24) is 4.98 Å². The number of hydrogen-bond donors (Lipinski definition) is 2. The van der Waals surface area contributed by atoms with E-state index in [1.165, 1.54) is 18.5 Å². The molecular formula is C13H12N2O2S. The topological polar surface area (TPSA) is 62.2 Å². The van der Waals surface area contributed by atoms with E-state index in [-0.39, 0.29) is 11.7 Å². The fourth-order valence-corrected chi connectivity index (χ4v) is 1.84. The van der Waals surface area contributed by atoms with Crippen LogP contribution in [0.1, 0.15) is 10.4 Å². The summed E-state index contributed by atoms with van der Waals surface area (Å²) in [6.07, 6.45) is 4.68. The number of thioether (sulfide) groups is 1. The molecule has 0 unspecified atom stereocenters. The molecule has 4 nitrogen and oxygen atoms in total. The number of nitrogens with zero attached hydrogens (tertiary/aromatic N) is 1. The highest BCUT2D eigenvalue weighted by Gasteiger charge is 2.07. The van der Waals surface area contributed by atoms with Gasteiger partial charge in [-0.2, -0.15) is 0 Å². The van der Waals surface area contributed by atoms with E-state index in [1.807, 2.05) is 30.5 Å². The molecule has 1 aromatic carbocycles. The van der Waals surface area contributed by atoms with Crippen molar-refractivity contribution in [3.8, 4) is 5.75 Å². The molecule has 92 valence electrons. The summed E-state index contributed by atoms with van der Waals surface area (Å²) in [5, 5.41) is 12.0. The zero-order chi connectivity index (χ0) is 13.0. The molecule has 2 aromatic rings. The number of hydrogen-bond acceptors (Lipinski definition) is 4. The SMILES string of the molecule is CSc1ccc(NC(=O)c2cncc(O)c2)cc1. The molecule has 1 heterocycles. The second-order valence-corrected chi connectivity index (χ2v) is 4.49. The van der Waals surface area contributed by atoms with Crippen molar-refractivity contribution in [2.24, 2.45) is 0 Å². The number of carbonyl (C=O) groups is 1. The van der Waals surface area contributed by atoms with Crippen molar-refractivity contribution in [2.45, 2.75) is 4.90 Å². The molecule has 0 aliphatic carbocycles. The highest BCUT2D eigenvalue weighted by Crippen LogP contribution is 2.18. The molecule has 0 aliphatic heterocycles. The third-order valence-electron chi connectivity index (χ3n) is 2.33. The molecule has 0 saturated carbocycles. The minimum Gasteiger partial charge on any atom is -0.506 e. The van der Waals surface area contributed by atoms with Gasteiger partial charge in [-0.3, -0.25) is 9.78 Å². The molecular weight excluding hydrogens is 248 g/mol. The van der Waals surface area contributed by atoms with Crippen LogP contribution in [0.15, 0.2) is 47.6 Å². The van der Waals surface area contributed by atoms with Crippen LogP contribution < -0.4 is 5.32 Å². The summed E-state index contributed by atoms with van der Waals surface area (Å²) < 4.78 is 0. The van der Waals surface area contributed by atoms with Gasteiger partial charge < -0.3 is 10.4 Å². The van der Waals surface area contributed by atoms with Crippen molar-refractivity contribution >= 4 is 23.4 Å². The quantitative estimate of drug-likeness (QED) is 0.833. The summed E-state index contributed by atoms with van der Waals surface area (Å²) in [5.74, 6) is -0.323. The lowest BCUT2D eigenvalue weighted by atomic mass is 10.2. The Morgan fingerprint density at radius 3 is 2.61 bits per heavy atom. The van der Waals surface area contributed by atoms with E-state index < -0.39 is 0 Å². The molecule has 2 N–H and O–H groups in total. The summed E-state index contributed by atoms with van der Waals surface area (Å²) in [5.41, 5.74) is 1.03. The first-order valence-corrected chi connectivity index (χ1v) is 6.51. The first-order valence-electron chi connectivity index (χ1n) is 5.28. The van der Waals surface area contributed by atoms with Gasteiger partial charge >= 0.3 is 0 Å². The second kappa shape index (κ2) is 5.55. The van der Waals surface area contributed by atoms with Gasteiger partial charge in [-0.15, -0.1) is 11.8 Å². The van der Waals surface area contributed by atoms with E-state index in [0.29, 0.717) is 11.3 Å². The van der Waals surface area contributed by atoms with Crippen LogP contribution in [-0.4, -0.2) is 22.3 Å². The van der Waals surface area contributed by atoms with Gasteiger partial charge in [-0.1, -0.05) is 0 Å².